The van der Waals surface area contributed by atoms with Crippen LogP contribution in [0.1, 0.15) is 17.2 Å². The Balaban J connectivity index is 1.65. The number of benzene rings is 2. The minimum absolute atomic E-state index is 0.0743. The maximum Gasteiger partial charge on any atom is 0.321 e. The van der Waals surface area contributed by atoms with Crippen molar-refractivity contribution in [2.24, 2.45) is 0 Å². The summed E-state index contributed by atoms with van der Waals surface area (Å²) in [4.78, 5) is 14.4. The summed E-state index contributed by atoms with van der Waals surface area (Å²) in [6, 6.07) is 14.1. The zero-order valence-corrected chi connectivity index (χ0v) is 14.9. The van der Waals surface area contributed by atoms with Gasteiger partial charge in [0.1, 0.15) is 11.6 Å². The van der Waals surface area contributed by atoms with Crippen LogP contribution in [0.3, 0.4) is 0 Å². The van der Waals surface area contributed by atoms with Crippen LogP contribution >= 0.6 is 11.8 Å². The number of para-hydroxylation sites is 2. The van der Waals surface area contributed by atoms with Crippen LogP contribution in [0, 0.1) is 5.82 Å². The van der Waals surface area contributed by atoms with Gasteiger partial charge in [0.2, 0.25) is 0 Å². The number of carbonyl (C=O) groups excluding carboxylic acids is 1. The normalized spacial score (nSPS) is 17.7. The smallest absolute Gasteiger partial charge is 0.321 e. The summed E-state index contributed by atoms with van der Waals surface area (Å²) in [5, 5.41) is 2.98. The molecule has 25 heavy (non-hydrogen) atoms. The fraction of sp³-hybridized carbons (Fsp3) is 0.316. The summed E-state index contributed by atoms with van der Waals surface area (Å²) in [6.45, 7) is 1.23. The minimum Gasteiger partial charge on any atom is -0.495 e. The first kappa shape index (κ1) is 17.6. The Morgan fingerprint density at radius 1 is 1.20 bits per heavy atom. The summed E-state index contributed by atoms with van der Waals surface area (Å²) < 4.78 is 19.3. The Bertz CT molecular complexity index is 741. The van der Waals surface area contributed by atoms with Crippen LogP contribution < -0.4 is 10.1 Å². The molecule has 1 aliphatic rings. The van der Waals surface area contributed by atoms with Crippen molar-refractivity contribution in [1.82, 2.24) is 4.90 Å². The molecule has 0 saturated carbocycles. The van der Waals surface area contributed by atoms with Crippen LogP contribution in [-0.2, 0) is 0 Å². The molecule has 2 amide bonds. The van der Waals surface area contributed by atoms with E-state index in [-0.39, 0.29) is 17.1 Å². The highest BCUT2D eigenvalue weighted by Crippen LogP contribution is 2.35. The molecule has 1 unspecified atom stereocenters. The van der Waals surface area contributed by atoms with Gasteiger partial charge in [-0.2, -0.15) is 11.8 Å². The summed E-state index contributed by atoms with van der Waals surface area (Å²) in [5.41, 5.74) is 1.37. The number of methoxy groups -OCH3 is 1. The molecule has 0 bridgehead atoms. The standard InChI is InChI=1S/C19H21FN2O2S/c1-24-17-9-5-4-8-16(17)21-19(23)22-11-10-18(25-13-12-22)14-6-2-3-7-15(14)20/h2-9,18H,10-13H2,1H3,(H,21,23). The zero-order chi connectivity index (χ0) is 17.6. The predicted octanol–water partition coefficient (Wildman–Crippen LogP) is 4.55. The van der Waals surface area contributed by atoms with E-state index >= 15 is 0 Å². The van der Waals surface area contributed by atoms with E-state index in [4.69, 9.17) is 4.74 Å². The quantitative estimate of drug-likeness (QED) is 0.873. The molecule has 2 aromatic rings. The van der Waals surface area contributed by atoms with Crippen LogP contribution in [0.15, 0.2) is 48.5 Å². The average molecular weight is 360 g/mol. The lowest BCUT2D eigenvalue weighted by molar-refractivity contribution is 0.215. The Labute approximate surface area is 151 Å². The van der Waals surface area contributed by atoms with Gasteiger partial charge in [-0.05, 0) is 24.6 Å². The third kappa shape index (κ3) is 4.25. The van der Waals surface area contributed by atoms with Gasteiger partial charge >= 0.3 is 6.03 Å². The van der Waals surface area contributed by atoms with Gasteiger partial charge in [0, 0.05) is 29.7 Å². The highest BCUT2D eigenvalue weighted by molar-refractivity contribution is 7.99. The molecule has 3 rings (SSSR count). The summed E-state index contributed by atoms with van der Waals surface area (Å²) in [6.07, 6.45) is 0.727. The van der Waals surface area contributed by atoms with Crippen LogP contribution in [0.2, 0.25) is 0 Å². The molecule has 0 spiro atoms. The monoisotopic (exact) mass is 360 g/mol. The molecule has 1 heterocycles. The molecule has 1 saturated heterocycles. The van der Waals surface area contributed by atoms with Crippen molar-refractivity contribution < 1.29 is 13.9 Å². The Morgan fingerprint density at radius 3 is 2.76 bits per heavy atom. The topological polar surface area (TPSA) is 41.6 Å². The van der Waals surface area contributed by atoms with Gasteiger partial charge in [0.25, 0.3) is 0 Å². The van der Waals surface area contributed by atoms with E-state index in [1.165, 1.54) is 6.07 Å². The van der Waals surface area contributed by atoms with Gasteiger partial charge in [-0.3, -0.25) is 0 Å². The van der Waals surface area contributed by atoms with Gasteiger partial charge in [0.05, 0.1) is 12.8 Å². The number of thioether (sulfide) groups is 1. The van der Waals surface area contributed by atoms with Crippen LogP contribution in [0.25, 0.3) is 0 Å². The van der Waals surface area contributed by atoms with Crippen molar-refractivity contribution in [3.8, 4) is 5.75 Å². The van der Waals surface area contributed by atoms with E-state index in [2.05, 4.69) is 5.32 Å². The number of anilines is 1. The van der Waals surface area contributed by atoms with Crippen molar-refractivity contribution in [1.29, 1.82) is 0 Å². The first-order valence-electron chi connectivity index (χ1n) is 8.24. The van der Waals surface area contributed by atoms with E-state index < -0.39 is 0 Å². The molecule has 132 valence electrons. The largest absolute Gasteiger partial charge is 0.495 e. The average Bonchev–Trinajstić information content (AvgIpc) is 2.89. The SMILES string of the molecule is COc1ccccc1NC(=O)N1CCSC(c2ccccc2F)CC1. The number of carbonyl (C=O) groups is 1. The van der Waals surface area contributed by atoms with Crippen LogP contribution in [-0.4, -0.2) is 36.9 Å². The molecule has 0 aromatic heterocycles. The number of urea groups is 1. The molecule has 2 aromatic carbocycles. The number of nitrogens with zero attached hydrogens (tertiary/aromatic N) is 1. The summed E-state index contributed by atoms with van der Waals surface area (Å²) in [5.74, 6) is 1.23. The lowest BCUT2D eigenvalue weighted by atomic mass is 10.1. The van der Waals surface area contributed by atoms with Crippen molar-refractivity contribution in [2.75, 3.05) is 31.3 Å². The third-order valence-electron chi connectivity index (χ3n) is 4.23. The minimum atomic E-state index is -0.174. The molecule has 4 nitrogen and oxygen atoms in total. The lowest BCUT2D eigenvalue weighted by Crippen LogP contribution is -2.36. The van der Waals surface area contributed by atoms with E-state index in [0.29, 0.717) is 24.5 Å². The van der Waals surface area contributed by atoms with Crippen LogP contribution in [0.4, 0.5) is 14.9 Å². The second-order valence-corrected chi connectivity index (χ2v) is 7.10. The van der Waals surface area contributed by atoms with Gasteiger partial charge in [-0.1, -0.05) is 30.3 Å². The number of ether oxygens (including phenoxy) is 1. The molecule has 1 atom stereocenters. The molecule has 6 heteroatoms. The number of halogens is 1. The van der Waals surface area contributed by atoms with Gasteiger partial charge in [-0.15, -0.1) is 0 Å². The molecule has 1 N–H and O–H groups in total. The lowest BCUT2D eigenvalue weighted by Gasteiger charge is -2.21. The highest BCUT2D eigenvalue weighted by Gasteiger charge is 2.24. The van der Waals surface area contributed by atoms with Gasteiger partial charge in [-0.25, -0.2) is 9.18 Å². The fourth-order valence-corrected chi connectivity index (χ4v) is 4.15. The third-order valence-corrected chi connectivity index (χ3v) is 5.54. The molecule has 0 aliphatic carbocycles. The maximum absolute atomic E-state index is 14.0. The van der Waals surface area contributed by atoms with Crippen LogP contribution in [0.5, 0.6) is 5.75 Å². The molecular weight excluding hydrogens is 339 g/mol. The van der Waals surface area contributed by atoms with Crippen molar-refractivity contribution in [2.45, 2.75) is 11.7 Å². The second-order valence-electron chi connectivity index (χ2n) is 5.79. The molecule has 1 fully saturated rings. The van der Waals surface area contributed by atoms with E-state index in [1.807, 2.05) is 36.4 Å². The first-order chi connectivity index (χ1) is 12.2. The Kier molecular flexibility index (Phi) is 5.81. The van der Waals surface area contributed by atoms with Gasteiger partial charge < -0.3 is 15.0 Å². The predicted molar refractivity (Wildman–Crippen MR) is 99.8 cm³/mol. The Hall–Kier alpha value is -2.21. The first-order valence-corrected chi connectivity index (χ1v) is 9.29. The number of hydrogen-bond donors (Lipinski definition) is 1. The Morgan fingerprint density at radius 2 is 1.96 bits per heavy atom. The number of rotatable bonds is 3. The molecular formula is C19H21FN2O2S. The second kappa shape index (κ2) is 8.25. The zero-order valence-electron chi connectivity index (χ0n) is 14.1. The number of amides is 2. The summed E-state index contributed by atoms with van der Waals surface area (Å²) >= 11 is 1.70. The summed E-state index contributed by atoms with van der Waals surface area (Å²) in [7, 11) is 1.58. The van der Waals surface area contributed by atoms with Crippen molar-refractivity contribution >= 4 is 23.5 Å². The maximum atomic E-state index is 14.0. The highest BCUT2D eigenvalue weighted by atomic mass is 32.2. The van der Waals surface area contributed by atoms with Gasteiger partial charge in [0.15, 0.2) is 0 Å². The van der Waals surface area contributed by atoms with E-state index in [0.717, 1.165) is 17.7 Å². The number of hydrogen-bond acceptors (Lipinski definition) is 3. The molecule has 1 aliphatic heterocycles. The van der Waals surface area contributed by atoms with E-state index in [1.54, 1.807) is 29.8 Å². The van der Waals surface area contributed by atoms with Crippen molar-refractivity contribution in [3.05, 3.63) is 59.9 Å². The van der Waals surface area contributed by atoms with E-state index in [9.17, 15) is 9.18 Å². The molecule has 0 radical (unpaired) electrons. The van der Waals surface area contributed by atoms with Crippen molar-refractivity contribution in [3.63, 3.8) is 0 Å². The number of nitrogens with one attached hydrogen (secondary N) is 1. The fourth-order valence-electron chi connectivity index (χ4n) is 2.90.